The quantitative estimate of drug-likeness (QED) is 0.845. The van der Waals surface area contributed by atoms with E-state index >= 15 is 0 Å². The van der Waals surface area contributed by atoms with Crippen molar-refractivity contribution in [3.05, 3.63) is 22.4 Å². The number of halogens is 1. The van der Waals surface area contributed by atoms with Crippen molar-refractivity contribution >= 4 is 33.2 Å². The summed E-state index contributed by atoms with van der Waals surface area (Å²) in [6.07, 6.45) is 0. The van der Waals surface area contributed by atoms with Gasteiger partial charge in [0.2, 0.25) is 5.91 Å². The minimum absolute atomic E-state index is 0.0170. The van der Waals surface area contributed by atoms with E-state index in [-0.39, 0.29) is 16.3 Å². The zero-order valence-electron chi connectivity index (χ0n) is 8.50. The van der Waals surface area contributed by atoms with E-state index in [2.05, 4.69) is 21.2 Å². The minimum atomic E-state index is -0.284. The first kappa shape index (κ1) is 11.7. The molecule has 78 valence electrons. The van der Waals surface area contributed by atoms with Gasteiger partial charge in [-0.25, -0.2) is 0 Å². The van der Waals surface area contributed by atoms with Crippen molar-refractivity contribution in [2.45, 2.75) is 31.1 Å². The zero-order chi connectivity index (χ0) is 10.8. The lowest BCUT2D eigenvalue weighted by Gasteiger charge is -2.25. The van der Waals surface area contributed by atoms with Crippen LogP contribution >= 0.6 is 27.3 Å². The smallest absolute Gasteiger partial charge is 0.234 e. The van der Waals surface area contributed by atoms with Crippen LogP contribution in [0.3, 0.4) is 0 Å². The second kappa shape index (κ2) is 4.45. The molecule has 0 fully saturated rings. The van der Waals surface area contributed by atoms with Crippen LogP contribution in [-0.4, -0.2) is 10.7 Å². The van der Waals surface area contributed by atoms with Gasteiger partial charge in [-0.05, 0) is 32.2 Å². The van der Waals surface area contributed by atoms with Crippen LogP contribution in [-0.2, 0) is 10.3 Å². The Balaban J connectivity index is 2.72. The van der Waals surface area contributed by atoms with Gasteiger partial charge in [-0.15, -0.1) is 11.3 Å². The summed E-state index contributed by atoms with van der Waals surface area (Å²) in [5.41, 5.74) is -0.284. The van der Waals surface area contributed by atoms with Crippen molar-refractivity contribution in [3.63, 3.8) is 0 Å². The molecule has 0 bridgehead atoms. The summed E-state index contributed by atoms with van der Waals surface area (Å²) in [7, 11) is 0. The molecule has 1 N–H and O–H groups in total. The van der Waals surface area contributed by atoms with Gasteiger partial charge in [0, 0.05) is 4.88 Å². The first-order valence-electron chi connectivity index (χ1n) is 4.43. The molecule has 0 spiro atoms. The Hall–Kier alpha value is -0.350. The Kier molecular flexibility index (Phi) is 3.72. The molecule has 14 heavy (non-hydrogen) atoms. The fourth-order valence-electron chi connectivity index (χ4n) is 1.10. The first-order valence-corrected chi connectivity index (χ1v) is 6.23. The van der Waals surface area contributed by atoms with Crippen LogP contribution in [0.4, 0.5) is 0 Å². The maximum Gasteiger partial charge on any atom is 0.234 e. The summed E-state index contributed by atoms with van der Waals surface area (Å²) in [6.45, 7) is 5.83. The number of amides is 1. The maximum absolute atomic E-state index is 11.5. The summed E-state index contributed by atoms with van der Waals surface area (Å²) in [5, 5.41) is 5.00. The monoisotopic (exact) mass is 275 g/mol. The molecule has 1 heterocycles. The SMILES string of the molecule is CC(Br)C(=O)NC(C)(C)c1cccs1. The highest BCUT2D eigenvalue weighted by atomic mass is 79.9. The van der Waals surface area contributed by atoms with Gasteiger partial charge in [0.25, 0.3) is 0 Å². The van der Waals surface area contributed by atoms with Crippen molar-refractivity contribution in [2.24, 2.45) is 0 Å². The van der Waals surface area contributed by atoms with Crippen LogP contribution in [0.5, 0.6) is 0 Å². The third kappa shape index (κ3) is 2.82. The largest absolute Gasteiger partial charge is 0.345 e. The fraction of sp³-hybridized carbons (Fsp3) is 0.500. The molecule has 1 aromatic heterocycles. The lowest BCUT2D eigenvalue weighted by Crippen LogP contribution is -2.43. The molecular weight excluding hydrogens is 262 g/mol. The van der Waals surface area contributed by atoms with Crippen LogP contribution in [0.2, 0.25) is 0 Å². The molecule has 0 saturated heterocycles. The van der Waals surface area contributed by atoms with Gasteiger partial charge >= 0.3 is 0 Å². The number of rotatable bonds is 3. The third-order valence-corrected chi connectivity index (χ3v) is 3.54. The first-order chi connectivity index (χ1) is 6.43. The van der Waals surface area contributed by atoms with Gasteiger partial charge in [-0.2, -0.15) is 0 Å². The predicted molar refractivity (Wildman–Crippen MR) is 63.9 cm³/mol. The molecule has 2 nitrogen and oxygen atoms in total. The zero-order valence-corrected chi connectivity index (χ0v) is 10.9. The Morgan fingerprint density at radius 1 is 1.64 bits per heavy atom. The standard InChI is InChI=1S/C10H14BrNOS/c1-7(11)9(13)12-10(2,3)8-5-4-6-14-8/h4-7H,1-3H3,(H,12,13). The van der Waals surface area contributed by atoms with Crippen LogP contribution in [0.15, 0.2) is 17.5 Å². The van der Waals surface area contributed by atoms with E-state index in [1.54, 1.807) is 11.3 Å². The summed E-state index contributed by atoms with van der Waals surface area (Å²) < 4.78 is 0. The normalized spacial score (nSPS) is 13.7. The van der Waals surface area contributed by atoms with Crippen LogP contribution < -0.4 is 5.32 Å². The molecule has 0 aromatic carbocycles. The second-order valence-corrected chi connectivity index (χ2v) is 6.03. The highest BCUT2D eigenvalue weighted by Gasteiger charge is 2.25. The molecule has 1 aromatic rings. The van der Waals surface area contributed by atoms with E-state index in [1.807, 2.05) is 38.3 Å². The second-order valence-electron chi connectivity index (χ2n) is 3.71. The molecule has 0 aliphatic heterocycles. The number of carbonyl (C=O) groups is 1. The van der Waals surface area contributed by atoms with Gasteiger partial charge in [-0.1, -0.05) is 22.0 Å². The summed E-state index contributed by atoms with van der Waals surface area (Å²) in [6, 6.07) is 4.02. The Labute approximate surface area is 96.8 Å². The van der Waals surface area contributed by atoms with Crippen molar-refractivity contribution < 1.29 is 4.79 Å². The molecule has 1 amide bonds. The van der Waals surface area contributed by atoms with Crippen molar-refractivity contribution in [1.82, 2.24) is 5.32 Å². The molecule has 0 aliphatic rings. The molecule has 4 heteroatoms. The number of thiophene rings is 1. The Morgan fingerprint density at radius 3 is 2.71 bits per heavy atom. The Morgan fingerprint density at radius 2 is 2.29 bits per heavy atom. The van der Waals surface area contributed by atoms with Crippen molar-refractivity contribution in [1.29, 1.82) is 0 Å². The summed E-state index contributed by atoms with van der Waals surface area (Å²) >= 11 is 4.90. The van der Waals surface area contributed by atoms with E-state index in [1.165, 1.54) is 4.88 Å². The van der Waals surface area contributed by atoms with Gasteiger partial charge in [0.1, 0.15) is 0 Å². The predicted octanol–water partition coefficient (Wildman–Crippen LogP) is 2.88. The van der Waals surface area contributed by atoms with E-state index in [9.17, 15) is 4.79 Å². The third-order valence-electron chi connectivity index (χ3n) is 1.93. The van der Waals surface area contributed by atoms with Gasteiger partial charge in [0.05, 0.1) is 10.4 Å². The van der Waals surface area contributed by atoms with Crippen LogP contribution in [0.1, 0.15) is 25.6 Å². The van der Waals surface area contributed by atoms with Gasteiger partial charge in [0.15, 0.2) is 0 Å². The van der Waals surface area contributed by atoms with E-state index in [0.717, 1.165) is 0 Å². The lowest BCUT2D eigenvalue weighted by atomic mass is 10.0. The van der Waals surface area contributed by atoms with Crippen LogP contribution in [0.25, 0.3) is 0 Å². The number of alkyl halides is 1. The number of nitrogens with one attached hydrogen (secondary N) is 1. The fourth-order valence-corrected chi connectivity index (χ4v) is 2.02. The Bertz CT molecular complexity index is 306. The average molecular weight is 276 g/mol. The highest BCUT2D eigenvalue weighted by molar-refractivity contribution is 9.10. The molecule has 0 saturated carbocycles. The van der Waals surface area contributed by atoms with E-state index in [0.29, 0.717) is 0 Å². The highest BCUT2D eigenvalue weighted by Crippen LogP contribution is 2.24. The molecule has 0 aliphatic carbocycles. The van der Waals surface area contributed by atoms with Crippen LogP contribution in [0, 0.1) is 0 Å². The average Bonchev–Trinajstić information content (AvgIpc) is 2.54. The van der Waals surface area contributed by atoms with Gasteiger partial charge in [-0.3, -0.25) is 4.79 Å². The molecule has 0 radical (unpaired) electrons. The van der Waals surface area contributed by atoms with E-state index in [4.69, 9.17) is 0 Å². The maximum atomic E-state index is 11.5. The minimum Gasteiger partial charge on any atom is -0.345 e. The number of carbonyl (C=O) groups excluding carboxylic acids is 1. The van der Waals surface area contributed by atoms with Crippen molar-refractivity contribution in [2.75, 3.05) is 0 Å². The topological polar surface area (TPSA) is 29.1 Å². The van der Waals surface area contributed by atoms with Gasteiger partial charge < -0.3 is 5.32 Å². The molecule has 1 unspecified atom stereocenters. The number of hydrogen-bond acceptors (Lipinski definition) is 2. The molecular formula is C10H14BrNOS. The summed E-state index contributed by atoms with van der Waals surface area (Å²) in [5.74, 6) is 0.0170. The molecule has 1 atom stereocenters. The molecule has 1 rings (SSSR count). The lowest BCUT2D eigenvalue weighted by molar-refractivity contribution is -0.121. The van der Waals surface area contributed by atoms with E-state index < -0.39 is 0 Å². The number of hydrogen-bond donors (Lipinski definition) is 1. The summed E-state index contributed by atoms with van der Waals surface area (Å²) in [4.78, 5) is 12.5. The van der Waals surface area contributed by atoms with Crippen molar-refractivity contribution in [3.8, 4) is 0 Å².